The number of benzene rings is 3. The lowest BCUT2D eigenvalue weighted by atomic mass is 9.75. The molecule has 0 aromatic heterocycles. The van der Waals surface area contributed by atoms with Crippen molar-refractivity contribution in [1.82, 2.24) is 0 Å². The molecule has 170 valence electrons. The van der Waals surface area contributed by atoms with Gasteiger partial charge >= 0.3 is 0 Å². The van der Waals surface area contributed by atoms with Crippen molar-refractivity contribution in [2.75, 3.05) is 14.2 Å². The van der Waals surface area contributed by atoms with Crippen LogP contribution in [0, 0.1) is 5.82 Å². The van der Waals surface area contributed by atoms with E-state index >= 15 is 0 Å². The molecule has 3 heteroatoms. The van der Waals surface area contributed by atoms with Crippen molar-refractivity contribution < 1.29 is 13.9 Å². The highest BCUT2D eigenvalue weighted by molar-refractivity contribution is 5.55. The summed E-state index contributed by atoms with van der Waals surface area (Å²) >= 11 is 0. The van der Waals surface area contributed by atoms with E-state index in [2.05, 4.69) is 65.8 Å². The van der Waals surface area contributed by atoms with Crippen LogP contribution >= 0.6 is 0 Å². The van der Waals surface area contributed by atoms with Crippen molar-refractivity contribution in [2.24, 2.45) is 0 Å². The molecule has 0 saturated carbocycles. The Bertz CT molecular complexity index is 1030. The highest BCUT2D eigenvalue weighted by Crippen LogP contribution is 2.44. The monoisotopic (exact) mass is 434 g/mol. The van der Waals surface area contributed by atoms with Crippen LogP contribution in [0.1, 0.15) is 75.3 Å². The van der Waals surface area contributed by atoms with E-state index in [1.54, 1.807) is 14.2 Å². The van der Waals surface area contributed by atoms with Crippen molar-refractivity contribution in [3.8, 4) is 11.5 Å². The zero-order valence-electron chi connectivity index (χ0n) is 20.5. The van der Waals surface area contributed by atoms with Gasteiger partial charge in [-0.3, -0.25) is 0 Å². The lowest BCUT2D eigenvalue weighted by molar-refractivity contribution is 0.381. The standard InChI is InChI=1S/C29H35FO2/c1-28(2,3)24-17-21(18-25(27(24)32-8)29(4,5)6)26(19-12-14-22(30)15-13-19)20-10-9-11-23(16-20)31-7/h9-18,26H,1-8H3/t26-/m1/s1. The van der Waals surface area contributed by atoms with E-state index in [1.807, 2.05) is 24.3 Å². The molecule has 2 nitrogen and oxygen atoms in total. The Labute approximate surface area is 192 Å². The average molecular weight is 435 g/mol. The van der Waals surface area contributed by atoms with Crippen LogP contribution in [-0.2, 0) is 10.8 Å². The maximum Gasteiger partial charge on any atom is 0.126 e. The van der Waals surface area contributed by atoms with Crippen LogP contribution in [-0.4, -0.2) is 14.2 Å². The third-order valence-corrected chi connectivity index (χ3v) is 5.90. The summed E-state index contributed by atoms with van der Waals surface area (Å²) in [6.45, 7) is 13.2. The van der Waals surface area contributed by atoms with E-state index in [0.717, 1.165) is 39.3 Å². The molecule has 0 radical (unpaired) electrons. The van der Waals surface area contributed by atoms with Gasteiger partial charge in [-0.25, -0.2) is 4.39 Å². The van der Waals surface area contributed by atoms with Gasteiger partial charge in [-0.1, -0.05) is 77.9 Å². The topological polar surface area (TPSA) is 18.5 Å². The molecule has 0 fully saturated rings. The Morgan fingerprint density at radius 3 is 1.69 bits per heavy atom. The third-order valence-electron chi connectivity index (χ3n) is 5.90. The van der Waals surface area contributed by atoms with E-state index in [0.29, 0.717) is 0 Å². The Kier molecular flexibility index (Phi) is 6.69. The van der Waals surface area contributed by atoms with Crippen LogP contribution in [0.5, 0.6) is 11.5 Å². The predicted molar refractivity (Wildman–Crippen MR) is 131 cm³/mol. The smallest absolute Gasteiger partial charge is 0.126 e. The van der Waals surface area contributed by atoms with E-state index in [1.165, 1.54) is 12.1 Å². The normalized spacial score (nSPS) is 13.0. The van der Waals surface area contributed by atoms with Crippen molar-refractivity contribution >= 4 is 0 Å². The zero-order valence-corrected chi connectivity index (χ0v) is 20.5. The van der Waals surface area contributed by atoms with E-state index in [9.17, 15) is 4.39 Å². The lowest BCUT2D eigenvalue weighted by Gasteiger charge is -2.31. The minimum Gasteiger partial charge on any atom is -0.497 e. The predicted octanol–water partition coefficient (Wildman–Crippen LogP) is 7.62. The van der Waals surface area contributed by atoms with Crippen molar-refractivity contribution in [1.29, 1.82) is 0 Å². The molecule has 0 aliphatic carbocycles. The van der Waals surface area contributed by atoms with Gasteiger partial charge < -0.3 is 9.47 Å². The maximum atomic E-state index is 13.8. The number of hydrogen-bond donors (Lipinski definition) is 0. The number of ether oxygens (including phenoxy) is 2. The van der Waals surface area contributed by atoms with Gasteiger partial charge in [0.05, 0.1) is 14.2 Å². The first-order chi connectivity index (χ1) is 15.0. The summed E-state index contributed by atoms with van der Waals surface area (Å²) in [6.07, 6.45) is 0. The average Bonchev–Trinajstić information content (AvgIpc) is 2.73. The van der Waals surface area contributed by atoms with Gasteiger partial charge in [-0.05, 0) is 51.8 Å². The van der Waals surface area contributed by atoms with Crippen LogP contribution in [0.15, 0.2) is 60.7 Å². The molecule has 3 aromatic rings. The molecule has 0 unspecified atom stereocenters. The second-order valence-corrected chi connectivity index (χ2v) is 10.4. The molecule has 0 N–H and O–H groups in total. The van der Waals surface area contributed by atoms with E-state index in [-0.39, 0.29) is 22.6 Å². The van der Waals surface area contributed by atoms with Gasteiger partial charge in [-0.15, -0.1) is 0 Å². The summed E-state index contributed by atoms with van der Waals surface area (Å²) in [5.41, 5.74) is 5.40. The Morgan fingerprint density at radius 2 is 1.22 bits per heavy atom. The summed E-state index contributed by atoms with van der Waals surface area (Å²) in [6, 6.07) is 19.4. The summed E-state index contributed by atoms with van der Waals surface area (Å²) in [5.74, 6) is 1.44. The van der Waals surface area contributed by atoms with Gasteiger partial charge in [0.1, 0.15) is 17.3 Å². The van der Waals surface area contributed by atoms with Gasteiger partial charge in [0.2, 0.25) is 0 Å². The van der Waals surface area contributed by atoms with Crippen molar-refractivity contribution in [3.63, 3.8) is 0 Å². The fourth-order valence-corrected chi connectivity index (χ4v) is 4.21. The van der Waals surface area contributed by atoms with Crippen LogP contribution < -0.4 is 9.47 Å². The number of hydrogen-bond acceptors (Lipinski definition) is 2. The SMILES string of the molecule is COc1cccc([C@@H](c2ccc(F)cc2)c2cc(C(C)(C)C)c(OC)c(C(C)(C)C)c2)c1. The molecule has 0 spiro atoms. The quantitative estimate of drug-likeness (QED) is 0.385. The Morgan fingerprint density at radius 1 is 0.656 bits per heavy atom. The molecule has 3 rings (SSSR count). The summed E-state index contributed by atoms with van der Waals surface area (Å²) < 4.78 is 25.2. The van der Waals surface area contributed by atoms with Gasteiger partial charge in [0, 0.05) is 17.0 Å². The molecule has 0 aliphatic heterocycles. The third kappa shape index (κ3) is 4.98. The maximum absolute atomic E-state index is 13.8. The highest BCUT2D eigenvalue weighted by Gasteiger charge is 2.30. The first-order valence-corrected chi connectivity index (χ1v) is 11.1. The lowest BCUT2D eigenvalue weighted by Crippen LogP contribution is -2.20. The first kappa shape index (κ1) is 23.8. The van der Waals surface area contributed by atoms with Gasteiger partial charge in [0.15, 0.2) is 0 Å². The largest absolute Gasteiger partial charge is 0.497 e. The van der Waals surface area contributed by atoms with E-state index < -0.39 is 0 Å². The van der Waals surface area contributed by atoms with Crippen LogP contribution in [0.25, 0.3) is 0 Å². The second kappa shape index (κ2) is 8.97. The van der Waals surface area contributed by atoms with Crippen molar-refractivity contribution in [3.05, 3.63) is 94.3 Å². The molecular weight excluding hydrogens is 399 g/mol. The molecule has 0 heterocycles. The van der Waals surface area contributed by atoms with E-state index in [4.69, 9.17) is 9.47 Å². The molecule has 32 heavy (non-hydrogen) atoms. The fourth-order valence-electron chi connectivity index (χ4n) is 4.21. The number of rotatable bonds is 5. The second-order valence-electron chi connectivity index (χ2n) is 10.4. The van der Waals surface area contributed by atoms with Crippen LogP contribution in [0.3, 0.4) is 0 Å². The number of halogens is 1. The van der Waals surface area contributed by atoms with Crippen LogP contribution in [0.2, 0.25) is 0 Å². The summed E-state index contributed by atoms with van der Waals surface area (Å²) in [7, 11) is 3.42. The molecular formula is C29H35FO2. The molecule has 0 aliphatic rings. The number of methoxy groups -OCH3 is 2. The molecule has 0 saturated heterocycles. The zero-order chi connectivity index (χ0) is 23.7. The Balaban J connectivity index is 2.36. The molecule has 0 amide bonds. The Hall–Kier alpha value is -2.81. The summed E-state index contributed by atoms with van der Waals surface area (Å²) in [5, 5.41) is 0. The minimum absolute atomic E-state index is 0.0705. The molecule has 1 atom stereocenters. The molecule has 3 aromatic carbocycles. The van der Waals surface area contributed by atoms with Crippen molar-refractivity contribution in [2.45, 2.75) is 58.3 Å². The first-order valence-electron chi connectivity index (χ1n) is 11.1. The molecule has 0 bridgehead atoms. The van der Waals surface area contributed by atoms with Gasteiger partial charge in [-0.2, -0.15) is 0 Å². The van der Waals surface area contributed by atoms with Crippen LogP contribution in [0.4, 0.5) is 4.39 Å². The summed E-state index contributed by atoms with van der Waals surface area (Å²) in [4.78, 5) is 0. The minimum atomic E-state index is -0.237. The highest BCUT2D eigenvalue weighted by atomic mass is 19.1. The van der Waals surface area contributed by atoms with Gasteiger partial charge in [0.25, 0.3) is 0 Å². The fraction of sp³-hybridized carbons (Fsp3) is 0.379.